The molecule has 1 amide bonds. The van der Waals surface area contributed by atoms with Gasteiger partial charge in [-0.1, -0.05) is 42.5 Å². The fraction of sp³-hybridized carbons (Fsp3) is 0.250. The molecule has 14 heavy (non-hydrogen) atoms. The summed E-state index contributed by atoms with van der Waals surface area (Å²) in [6.07, 6.45) is 6.13. The quantitative estimate of drug-likeness (QED) is 0.708. The first-order chi connectivity index (χ1) is 6.79. The molecular formula is C12H15NO. The predicted octanol–water partition coefficient (Wildman–Crippen LogP) is 2.05. The number of rotatable bonds is 5. The zero-order valence-corrected chi connectivity index (χ0v) is 8.15. The van der Waals surface area contributed by atoms with Crippen LogP contribution in [0.3, 0.4) is 0 Å². The highest BCUT2D eigenvalue weighted by molar-refractivity contribution is 5.75. The highest BCUT2D eigenvalue weighted by Gasteiger charge is 1.89. The molecule has 0 aliphatic carbocycles. The van der Waals surface area contributed by atoms with Crippen molar-refractivity contribution in [2.75, 3.05) is 0 Å². The normalized spacial score (nSPS) is 10.6. The van der Waals surface area contributed by atoms with Crippen LogP contribution in [0.25, 0.3) is 0 Å². The molecule has 1 aromatic carbocycles. The molecular weight excluding hydrogens is 174 g/mol. The third-order valence-corrected chi connectivity index (χ3v) is 1.93. The number of carbonyl (C=O) groups excluding carboxylic acids is 1. The van der Waals surface area contributed by atoms with E-state index in [2.05, 4.69) is 12.1 Å². The van der Waals surface area contributed by atoms with Crippen molar-refractivity contribution in [2.24, 2.45) is 5.73 Å². The van der Waals surface area contributed by atoms with Gasteiger partial charge in [0.2, 0.25) is 5.91 Å². The summed E-state index contributed by atoms with van der Waals surface area (Å²) in [5, 5.41) is 0. The monoisotopic (exact) mass is 189 g/mol. The smallest absolute Gasteiger partial charge is 0.221 e. The lowest BCUT2D eigenvalue weighted by atomic mass is 10.1. The third kappa shape index (κ3) is 4.45. The molecule has 0 aromatic heterocycles. The maximum Gasteiger partial charge on any atom is 0.221 e. The summed E-state index contributed by atoms with van der Waals surface area (Å²) in [5.74, 6) is -0.277. The Hall–Kier alpha value is -1.57. The highest BCUT2D eigenvalue weighted by atomic mass is 16.1. The summed E-state index contributed by atoms with van der Waals surface area (Å²) in [4.78, 5) is 10.4. The van der Waals surface area contributed by atoms with Crippen LogP contribution < -0.4 is 5.73 Å². The van der Waals surface area contributed by atoms with Gasteiger partial charge < -0.3 is 5.73 Å². The van der Waals surface area contributed by atoms with Gasteiger partial charge in [0.1, 0.15) is 0 Å². The molecule has 2 nitrogen and oxygen atoms in total. The van der Waals surface area contributed by atoms with Gasteiger partial charge in [0.05, 0.1) is 0 Å². The number of nitrogens with two attached hydrogens (primary N) is 1. The van der Waals surface area contributed by atoms with Crippen molar-refractivity contribution in [3.8, 4) is 0 Å². The lowest BCUT2D eigenvalue weighted by Gasteiger charge is -1.95. The average molecular weight is 189 g/mol. The molecule has 0 fully saturated rings. The van der Waals surface area contributed by atoms with Gasteiger partial charge in [-0.2, -0.15) is 0 Å². The number of carbonyl (C=O) groups is 1. The highest BCUT2D eigenvalue weighted by Crippen LogP contribution is 2.02. The number of primary amides is 1. The summed E-state index contributed by atoms with van der Waals surface area (Å²) in [5.41, 5.74) is 6.31. The Labute approximate surface area is 84.4 Å². The topological polar surface area (TPSA) is 43.1 Å². The van der Waals surface area contributed by atoms with E-state index in [1.54, 1.807) is 0 Å². The Kier molecular flexibility index (Phi) is 4.48. The number of hydrogen-bond donors (Lipinski definition) is 1. The first kappa shape index (κ1) is 10.5. The van der Waals surface area contributed by atoms with Crippen molar-refractivity contribution in [1.29, 1.82) is 0 Å². The van der Waals surface area contributed by atoms with Gasteiger partial charge in [0.15, 0.2) is 0 Å². The fourth-order valence-corrected chi connectivity index (χ4v) is 1.21. The van der Waals surface area contributed by atoms with E-state index in [1.165, 1.54) is 5.56 Å². The molecule has 0 saturated carbocycles. The van der Waals surface area contributed by atoms with Crippen LogP contribution in [0, 0.1) is 0 Å². The van der Waals surface area contributed by atoms with E-state index in [1.807, 2.05) is 30.4 Å². The first-order valence-corrected chi connectivity index (χ1v) is 4.76. The number of benzene rings is 1. The minimum Gasteiger partial charge on any atom is -0.369 e. The third-order valence-electron chi connectivity index (χ3n) is 1.93. The zero-order chi connectivity index (χ0) is 10.2. The number of allylic oxidation sites excluding steroid dienone is 1. The van der Waals surface area contributed by atoms with E-state index in [4.69, 9.17) is 5.73 Å². The second kappa shape index (κ2) is 5.97. The van der Waals surface area contributed by atoms with Crippen LogP contribution in [0.4, 0.5) is 0 Å². The van der Waals surface area contributed by atoms with Crippen LogP contribution >= 0.6 is 0 Å². The van der Waals surface area contributed by atoms with Crippen molar-refractivity contribution in [2.45, 2.75) is 19.3 Å². The van der Waals surface area contributed by atoms with Crippen LogP contribution in [0.15, 0.2) is 42.5 Å². The van der Waals surface area contributed by atoms with Crippen molar-refractivity contribution in [3.63, 3.8) is 0 Å². The van der Waals surface area contributed by atoms with E-state index in [0.717, 1.165) is 12.8 Å². The zero-order valence-electron chi connectivity index (χ0n) is 8.15. The van der Waals surface area contributed by atoms with E-state index in [-0.39, 0.29) is 5.91 Å². The van der Waals surface area contributed by atoms with Gasteiger partial charge in [-0.3, -0.25) is 4.79 Å². The minimum absolute atomic E-state index is 0.277. The molecule has 0 saturated heterocycles. The number of amides is 1. The maximum atomic E-state index is 10.4. The molecule has 0 atom stereocenters. The number of aryl methyl sites for hydroxylation is 1. The molecule has 74 valence electrons. The Morgan fingerprint density at radius 2 is 1.93 bits per heavy atom. The van der Waals surface area contributed by atoms with E-state index in [0.29, 0.717) is 6.42 Å². The SMILES string of the molecule is NC(=O)C/C=C/CCc1ccccc1. The largest absolute Gasteiger partial charge is 0.369 e. The molecule has 0 aliphatic heterocycles. The second-order valence-electron chi connectivity index (χ2n) is 3.17. The van der Waals surface area contributed by atoms with Gasteiger partial charge in [-0.25, -0.2) is 0 Å². The molecule has 2 heteroatoms. The summed E-state index contributed by atoms with van der Waals surface area (Å²) >= 11 is 0. The molecule has 0 unspecified atom stereocenters. The maximum absolute atomic E-state index is 10.4. The van der Waals surface area contributed by atoms with Gasteiger partial charge in [-0.15, -0.1) is 0 Å². The standard InChI is InChI=1S/C12H15NO/c13-12(14)10-6-2-5-9-11-7-3-1-4-8-11/h1-4,6-8H,5,9-10H2,(H2,13,14)/b6-2+. The van der Waals surface area contributed by atoms with Crippen LogP contribution in [-0.4, -0.2) is 5.91 Å². The summed E-state index contributed by atoms with van der Waals surface area (Å²) in [7, 11) is 0. The van der Waals surface area contributed by atoms with Crippen molar-refractivity contribution in [1.82, 2.24) is 0 Å². The first-order valence-electron chi connectivity index (χ1n) is 4.76. The van der Waals surface area contributed by atoms with Gasteiger partial charge in [0.25, 0.3) is 0 Å². The molecule has 0 bridgehead atoms. The summed E-state index contributed by atoms with van der Waals surface area (Å²) < 4.78 is 0. The lowest BCUT2D eigenvalue weighted by molar-refractivity contribution is -0.117. The average Bonchev–Trinajstić information content (AvgIpc) is 2.18. The minimum atomic E-state index is -0.277. The van der Waals surface area contributed by atoms with Gasteiger partial charge >= 0.3 is 0 Å². The molecule has 0 heterocycles. The van der Waals surface area contributed by atoms with Gasteiger partial charge in [0, 0.05) is 6.42 Å². The van der Waals surface area contributed by atoms with Crippen LogP contribution in [0.5, 0.6) is 0 Å². The van der Waals surface area contributed by atoms with Crippen LogP contribution in [0.2, 0.25) is 0 Å². The summed E-state index contributed by atoms with van der Waals surface area (Å²) in [6.45, 7) is 0. The predicted molar refractivity (Wildman–Crippen MR) is 57.7 cm³/mol. The van der Waals surface area contributed by atoms with E-state index < -0.39 is 0 Å². The van der Waals surface area contributed by atoms with Gasteiger partial charge in [-0.05, 0) is 18.4 Å². The molecule has 2 N–H and O–H groups in total. The molecule has 1 aromatic rings. The molecule has 0 aliphatic rings. The van der Waals surface area contributed by atoms with E-state index in [9.17, 15) is 4.79 Å². The Morgan fingerprint density at radius 3 is 2.57 bits per heavy atom. The Bertz CT molecular complexity index is 303. The number of hydrogen-bond acceptors (Lipinski definition) is 1. The van der Waals surface area contributed by atoms with E-state index >= 15 is 0 Å². The fourth-order valence-electron chi connectivity index (χ4n) is 1.21. The van der Waals surface area contributed by atoms with Crippen molar-refractivity contribution < 1.29 is 4.79 Å². The Morgan fingerprint density at radius 1 is 1.21 bits per heavy atom. The molecule has 1 rings (SSSR count). The second-order valence-corrected chi connectivity index (χ2v) is 3.17. The van der Waals surface area contributed by atoms with Crippen LogP contribution in [0.1, 0.15) is 18.4 Å². The van der Waals surface area contributed by atoms with Crippen molar-refractivity contribution >= 4 is 5.91 Å². The Balaban J connectivity index is 2.22. The van der Waals surface area contributed by atoms with Crippen molar-refractivity contribution in [3.05, 3.63) is 48.0 Å². The van der Waals surface area contributed by atoms with Crippen LogP contribution in [-0.2, 0) is 11.2 Å². The molecule has 0 radical (unpaired) electrons. The molecule has 0 spiro atoms. The summed E-state index contributed by atoms with van der Waals surface area (Å²) in [6, 6.07) is 10.3. The lowest BCUT2D eigenvalue weighted by Crippen LogP contribution is -2.07.